The molecule has 0 bridgehead atoms. The van der Waals surface area contributed by atoms with Crippen molar-refractivity contribution in [3.05, 3.63) is 18.2 Å². The van der Waals surface area contributed by atoms with Crippen molar-refractivity contribution in [3.63, 3.8) is 0 Å². The summed E-state index contributed by atoms with van der Waals surface area (Å²) in [4.78, 5) is 0. The number of hydrogen-bond donors (Lipinski definition) is 2. The molecule has 7 nitrogen and oxygen atoms in total. The van der Waals surface area contributed by atoms with Crippen LogP contribution in [0.2, 0.25) is 0 Å². The highest BCUT2D eigenvalue weighted by atomic mass is 32.2. The maximum Gasteiger partial charge on any atom is 0.301 e. The Morgan fingerprint density at radius 2 is 2.05 bits per heavy atom. The molecule has 1 aliphatic heterocycles. The molecule has 0 radical (unpaired) electrons. The highest BCUT2D eigenvalue weighted by Gasteiger charge is 2.25. The number of ether oxygens (including phenoxy) is 2. The van der Waals surface area contributed by atoms with Crippen LogP contribution in [0.25, 0.3) is 0 Å². The zero-order valence-corrected chi connectivity index (χ0v) is 11.3. The SMILES string of the molecule is COc1ccc(O)c(NS(=O)(=O)N2CCOCC2)c1. The van der Waals surface area contributed by atoms with Crippen LogP contribution in [0.4, 0.5) is 5.69 Å². The summed E-state index contributed by atoms with van der Waals surface area (Å²) in [5.41, 5.74) is 0.0887. The number of benzene rings is 1. The second-order valence-electron chi connectivity index (χ2n) is 4.00. The minimum atomic E-state index is -3.70. The van der Waals surface area contributed by atoms with Gasteiger partial charge in [-0.2, -0.15) is 12.7 Å². The number of nitrogens with one attached hydrogen (secondary N) is 1. The molecular weight excluding hydrogens is 272 g/mol. The minimum Gasteiger partial charge on any atom is -0.506 e. The molecule has 2 rings (SSSR count). The van der Waals surface area contributed by atoms with Crippen LogP contribution in [0.5, 0.6) is 11.5 Å². The highest BCUT2D eigenvalue weighted by molar-refractivity contribution is 7.90. The van der Waals surface area contributed by atoms with Gasteiger partial charge in [0.25, 0.3) is 0 Å². The first-order chi connectivity index (χ1) is 9.03. The van der Waals surface area contributed by atoms with Crippen LogP contribution in [0.1, 0.15) is 0 Å². The Bertz CT molecular complexity index is 540. The van der Waals surface area contributed by atoms with E-state index in [1.165, 1.54) is 23.5 Å². The molecule has 0 amide bonds. The average molecular weight is 288 g/mol. The van der Waals surface area contributed by atoms with E-state index in [1.807, 2.05) is 0 Å². The fraction of sp³-hybridized carbons (Fsp3) is 0.455. The van der Waals surface area contributed by atoms with Gasteiger partial charge < -0.3 is 14.6 Å². The van der Waals surface area contributed by atoms with Gasteiger partial charge in [0.05, 0.1) is 26.0 Å². The van der Waals surface area contributed by atoms with Crippen LogP contribution < -0.4 is 9.46 Å². The van der Waals surface area contributed by atoms with Gasteiger partial charge in [0.1, 0.15) is 11.5 Å². The number of rotatable bonds is 4. The number of anilines is 1. The normalized spacial score (nSPS) is 17.1. The fourth-order valence-corrected chi connectivity index (χ4v) is 2.91. The molecule has 8 heteroatoms. The lowest BCUT2D eigenvalue weighted by Gasteiger charge is -2.26. The average Bonchev–Trinajstić information content (AvgIpc) is 2.42. The number of aromatic hydroxyl groups is 1. The Hall–Kier alpha value is -1.51. The van der Waals surface area contributed by atoms with Crippen LogP contribution in [-0.2, 0) is 14.9 Å². The molecule has 1 aliphatic rings. The molecule has 2 N–H and O–H groups in total. The zero-order chi connectivity index (χ0) is 13.9. The number of morpholine rings is 1. The van der Waals surface area contributed by atoms with E-state index in [4.69, 9.17) is 9.47 Å². The number of hydrogen-bond acceptors (Lipinski definition) is 5. The van der Waals surface area contributed by atoms with Gasteiger partial charge in [0, 0.05) is 19.2 Å². The molecular formula is C11H16N2O5S. The van der Waals surface area contributed by atoms with E-state index in [9.17, 15) is 13.5 Å². The summed E-state index contributed by atoms with van der Waals surface area (Å²) >= 11 is 0. The molecule has 0 saturated carbocycles. The Labute approximate surface area is 111 Å². The molecule has 0 aromatic heterocycles. The van der Waals surface area contributed by atoms with Crippen molar-refractivity contribution in [1.29, 1.82) is 0 Å². The van der Waals surface area contributed by atoms with E-state index < -0.39 is 10.2 Å². The van der Waals surface area contributed by atoms with E-state index in [0.717, 1.165) is 0 Å². The Balaban J connectivity index is 2.19. The standard InChI is InChI=1S/C11H16N2O5S/c1-17-9-2-3-11(14)10(8-9)12-19(15,16)13-4-6-18-7-5-13/h2-3,8,12,14H,4-7H2,1H3. The third-order valence-corrected chi connectivity index (χ3v) is 4.28. The number of methoxy groups -OCH3 is 1. The zero-order valence-electron chi connectivity index (χ0n) is 10.5. The van der Waals surface area contributed by atoms with Gasteiger partial charge in [0.15, 0.2) is 0 Å². The van der Waals surface area contributed by atoms with Gasteiger partial charge in [0.2, 0.25) is 0 Å². The molecule has 0 aliphatic carbocycles. The maximum atomic E-state index is 12.1. The summed E-state index contributed by atoms with van der Waals surface area (Å²) in [7, 11) is -2.23. The lowest BCUT2D eigenvalue weighted by Crippen LogP contribution is -2.43. The Kier molecular flexibility index (Phi) is 4.13. The van der Waals surface area contributed by atoms with Crippen LogP contribution in [-0.4, -0.2) is 51.2 Å². The second-order valence-corrected chi connectivity index (χ2v) is 5.67. The Morgan fingerprint density at radius 3 is 2.68 bits per heavy atom. The molecule has 0 atom stereocenters. The van der Waals surface area contributed by atoms with Gasteiger partial charge in [-0.05, 0) is 12.1 Å². The molecule has 1 fully saturated rings. The van der Waals surface area contributed by atoms with E-state index in [0.29, 0.717) is 32.1 Å². The lowest BCUT2D eigenvalue weighted by molar-refractivity contribution is 0.0733. The first-order valence-corrected chi connectivity index (χ1v) is 7.19. The summed E-state index contributed by atoms with van der Waals surface area (Å²) < 4.78 is 37.9. The first-order valence-electron chi connectivity index (χ1n) is 5.75. The predicted molar refractivity (Wildman–Crippen MR) is 69.6 cm³/mol. The number of nitrogens with zero attached hydrogens (tertiary/aromatic N) is 1. The summed E-state index contributed by atoms with van der Waals surface area (Å²) in [6, 6.07) is 4.34. The fourth-order valence-electron chi connectivity index (χ4n) is 1.71. The van der Waals surface area contributed by atoms with Crippen LogP contribution in [0.3, 0.4) is 0 Å². The van der Waals surface area contributed by atoms with E-state index in [1.54, 1.807) is 6.07 Å². The molecule has 1 saturated heterocycles. The van der Waals surface area contributed by atoms with Crippen molar-refractivity contribution in [3.8, 4) is 11.5 Å². The maximum absolute atomic E-state index is 12.1. The summed E-state index contributed by atoms with van der Waals surface area (Å²) in [5.74, 6) is 0.301. The summed E-state index contributed by atoms with van der Waals surface area (Å²) in [5, 5.41) is 9.67. The summed E-state index contributed by atoms with van der Waals surface area (Å²) in [6.45, 7) is 1.32. The van der Waals surface area contributed by atoms with Crippen molar-refractivity contribution < 1.29 is 23.0 Å². The van der Waals surface area contributed by atoms with E-state index >= 15 is 0 Å². The van der Waals surface area contributed by atoms with Crippen molar-refractivity contribution in [2.24, 2.45) is 0 Å². The molecule has 106 valence electrons. The van der Waals surface area contributed by atoms with Gasteiger partial charge in [-0.1, -0.05) is 0 Å². The van der Waals surface area contributed by atoms with Gasteiger partial charge in [-0.3, -0.25) is 4.72 Å². The number of phenols is 1. The van der Waals surface area contributed by atoms with Crippen molar-refractivity contribution >= 4 is 15.9 Å². The molecule has 19 heavy (non-hydrogen) atoms. The molecule has 1 aromatic rings. The van der Waals surface area contributed by atoms with Crippen molar-refractivity contribution in [2.75, 3.05) is 38.1 Å². The van der Waals surface area contributed by atoms with Crippen LogP contribution in [0, 0.1) is 0 Å². The van der Waals surface area contributed by atoms with E-state index in [-0.39, 0.29) is 11.4 Å². The lowest BCUT2D eigenvalue weighted by atomic mass is 10.3. The van der Waals surface area contributed by atoms with Gasteiger partial charge in [-0.25, -0.2) is 0 Å². The Morgan fingerprint density at radius 1 is 1.37 bits per heavy atom. The topological polar surface area (TPSA) is 88.1 Å². The van der Waals surface area contributed by atoms with Crippen molar-refractivity contribution in [2.45, 2.75) is 0 Å². The largest absolute Gasteiger partial charge is 0.506 e. The smallest absolute Gasteiger partial charge is 0.301 e. The quantitative estimate of drug-likeness (QED) is 0.783. The molecule has 1 aromatic carbocycles. The molecule has 0 spiro atoms. The van der Waals surface area contributed by atoms with Gasteiger partial charge in [-0.15, -0.1) is 0 Å². The van der Waals surface area contributed by atoms with E-state index in [2.05, 4.69) is 4.72 Å². The third-order valence-electron chi connectivity index (χ3n) is 2.75. The predicted octanol–water partition coefficient (Wildman–Crippen LogP) is 0.390. The molecule has 0 unspecified atom stereocenters. The van der Waals surface area contributed by atoms with Crippen molar-refractivity contribution in [1.82, 2.24) is 4.31 Å². The van der Waals surface area contributed by atoms with Crippen LogP contribution in [0.15, 0.2) is 18.2 Å². The van der Waals surface area contributed by atoms with Crippen LogP contribution >= 0.6 is 0 Å². The summed E-state index contributed by atoms with van der Waals surface area (Å²) in [6.07, 6.45) is 0. The highest BCUT2D eigenvalue weighted by Crippen LogP contribution is 2.29. The monoisotopic (exact) mass is 288 g/mol. The van der Waals surface area contributed by atoms with Gasteiger partial charge >= 0.3 is 10.2 Å². The second kappa shape index (κ2) is 5.64. The first kappa shape index (κ1) is 13.9. The number of phenolic OH excluding ortho intramolecular Hbond substituents is 1. The molecule has 1 heterocycles. The minimum absolute atomic E-state index is 0.0887. The third kappa shape index (κ3) is 3.28.